The molecule has 0 aromatic heterocycles. The van der Waals surface area contributed by atoms with Gasteiger partial charge in [0.05, 0.1) is 11.8 Å². The maximum atomic E-state index is 11.9. The van der Waals surface area contributed by atoms with Crippen molar-refractivity contribution in [2.75, 3.05) is 11.5 Å². The largest absolute Gasteiger partial charge is 0.369 e. The summed E-state index contributed by atoms with van der Waals surface area (Å²) in [5.74, 6) is 0.556. The molecule has 1 atom stereocenters. The first-order valence-corrected chi connectivity index (χ1v) is 7.99. The smallest absolute Gasteiger partial charge is 0.227 e. The van der Waals surface area contributed by atoms with E-state index in [4.69, 9.17) is 5.73 Å². The molecule has 4 nitrogen and oxygen atoms in total. The lowest BCUT2D eigenvalue weighted by atomic mass is 10.0. The summed E-state index contributed by atoms with van der Waals surface area (Å²) in [4.78, 5) is 22.5. The van der Waals surface area contributed by atoms with Gasteiger partial charge in [-0.3, -0.25) is 9.59 Å². The van der Waals surface area contributed by atoms with Crippen LogP contribution in [-0.4, -0.2) is 23.3 Å². The van der Waals surface area contributed by atoms with Crippen molar-refractivity contribution in [2.24, 2.45) is 5.73 Å². The van der Waals surface area contributed by atoms with E-state index in [9.17, 15) is 9.59 Å². The van der Waals surface area contributed by atoms with Crippen LogP contribution >= 0.6 is 11.8 Å². The van der Waals surface area contributed by atoms with Gasteiger partial charge >= 0.3 is 0 Å². The normalized spacial score (nSPS) is 11.8. The van der Waals surface area contributed by atoms with E-state index >= 15 is 0 Å². The summed E-state index contributed by atoms with van der Waals surface area (Å²) in [7, 11) is 0. The van der Waals surface area contributed by atoms with Crippen molar-refractivity contribution in [3.8, 4) is 0 Å². The van der Waals surface area contributed by atoms with Crippen LogP contribution in [-0.2, 0) is 9.59 Å². The van der Waals surface area contributed by atoms with Gasteiger partial charge in [-0.25, -0.2) is 0 Å². The lowest BCUT2D eigenvalue weighted by Crippen LogP contribution is -2.28. The summed E-state index contributed by atoms with van der Waals surface area (Å²) in [5.41, 5.74) is 6.18. The number of nitrogens with one attached hydrogen (secondary N) is 1. The molecular weight excluding hydrogens is 272 g/mol. The van der Waals surface area contributed by atoms with Crippen molar-refractivity contribution in [2.45, 2.75) is 32.2 Å². The lowest BCUT2D eigenvalue weighted by molar-refractivity contribution is -0.121. The number of amides is 2. The van der Waals surface area contributed by atoms with Crippen molar-refractivity contribution in [3.05, 3.63) is 35.9 Å². The first-order valence-electron chi connectivity index (χ1n) is 6.83. The highest BCUT2D eigenvalue weighted by molar-refractivity contribution is 7.99. The van der Waals surface area contributed by atoms with Crippen molar-refractivity contribution < 1.29 is 9.59 Å². The molecule has 1 aromatic carbocycles. The summed E-state index contributed by atoms with van der Waals surface area (Å²) in [5, 5.41) is 3.05. The Bertz CT molecular complexity index is 423. The zero-order chi connectivity index (χ0) is 14.8. The van der Waals surface area contributed by atoms with E-state index in [1.54, 1.807) is 0 Å². The van der Waals surface area contributed by atoms with E-state index in [-0.39, 0.29) is 23.6 Å². The molecule has 0 saturated heterocycles. The second kappa shape index (κ2) is 9.42. The van der Waals surface area contributed by atoms with Crippen LogP contribution in [0.2, 0.25) is 0 Å². The Labute approximate surface area is 124 Å². The molecule has 20 heavy (non-hydrogen) atoms. The van der Waals surface area contributed by atoms with Gasteiger partial charge in [0.25, 0.3) is 0 Å². The standard InChI is InChI=1S/C15H22N2O2S/c1-2-6-13(12-7-4-3-5-8-12)17-15(19)9-10-20-11-14(16)18/h3-5,7-8,13H,2,6,9-11H2,1H3,(H2,16,18)(H,17,19). The number of thioether (sulfide) groups is 1. The van der Waals surface area contributed by atoms with Crippen LogP contribution in [0.25, 0.3) is 0 Å². The minimum Gasteiger partial charge on any atom is -0.369 e. The minimum absolute atomic E-state index is 0.0178. The highest BCUT2D eigenvalue weighted by Gasteiger charge is 2.13. The van der Waals surface area contributed by atoms with E-state index in [1.165, 1.54) is 11.8 Å². The molecule has 5 heteroatoms. The summed E-state index contributed by atoms with van der Waals surface area (Å²) < 4.78 is 0. The number of benzene rings is 1. The minimum atomic E-state index is -0.344. The second-order valence-electron chi connectivity index (χ2n) is 4.59. The molecule has 0 aliphatic rings. The first kappa shape index (κ1) is 16.6. The summed E-state index contributed by atoms with van der Waals surface area (Å²) >= 11 is 1.39. The Balaban J connectivity index is 2.41. The molecule has 0 spiro atoms. The van der Waals surface area contributed by atoms with Crippen molar-refractivity contribution in [3.63, 3.8) is 0 Å². The highest BCUT2D eigenvalue weighted by Crippen LogP contribution is 2.18. The second-order valence-corrected chi connectivity index (χ2v) is 5.69. The van der Waals surface area contributed by atoms with Gasteiger partial charge in [0.15, 0.2) is 0 Å². The number of hydrogen-bond donors (Lipinski definition) is 2. The predicted molar refractivity (Wildman–Crippen MR) is 83.4 cm³/mol. The van der Waals surface area contributed by atoms with Gasteiger partial charge in [0.2, 0.25) is 11.8 Å². The van der Waals surface area contributed by atoms with Gasteiger partial charge in [-0.1, -0.05) is 43.7 Å². The Hall–Kier alpha value is -1.49. The van der Waals surface area contributed by atoms with Gasteiger partial charge < -0.3 is 11.1 Å². The fraction of sp³-hybridized carbons (Fsp3) is 0.467. The third-order valence-corrected chi connectivity index (χ3v) is 3.81. The summed E-state index contributed by atoms with van der Waals surface area (Å²) in [6.45, 7) is 2.10. The maximum Gasteiger partial charge on any atom is 0.227 e. The molecule has 0 bridgehead atoms. The number of primary amides is 1. The zero-order valence-electron chi connectivity index (χ0n) is 11.8. The molecule has 3 N–H and O–H groups in total. The average Bonchev–Trinajstić information content (AvgIpc) is 2.44. The van der Waals surface area contributed by atoms with Crippen LogP contribution < -0.4 is 11.1 Å². The molecule has 0 saturated carbocycles. The molecule has 0 aliphatic carbocycles. The van der Waals surface area contributed by atoms with Crippen molar-refractivity contribution in [1.29, 1.82) is 0 Å². The van der Waals surface area contributed by atoms with Crippen LogP contribution in [0, 0.1) is 0 Å². The quantitative estimate of drug-likeness (QED) is 0.686. The average molecular weight is 294 g/mol. The van der Waals surface area contributed by atoms with E-state index in [0.29, 0.717) is 12.2 Å². The van der Waals surface area contributed by atoms with Crippen LogP contribution in [0.1, 0.15) is 37.8 Å². The van der Waals surface area contributed by atoms with Gasteiger partial charge in [-0.05, 0) is 12.0 Å². The topological polar surface area (TPSA) is 72.2 Å². The van der Waals surface area contributed by atoms with Crippen molar-refractivity contribution in [1.82, 2.24) is 5.32 Å². The number of nitrogens with two attached hydrogens (primary N) is 1. The predicted octanol–water partition coefficient (Wildman–Crippen LogP) is 2.25. The Morgan fingerprint density at radius 1 is 1.30 bits per heavy atom. The van der Waals surface area contributed by atoms with Gasteiger partial charge in [0, 0.05) is 12.2 Å². The number of carbonyl (C=O) groups excluding carboxylic acids is 2. The first-order chi connectivity index (χ1) is 9.63. The molecule has 2 amide bonds. The molecular formula is C15H22N2O2S. The molecule has 0 aliphatic heterocycles. The van der Waals surface area contributed by atoms with Crippen molar-refractivity contribution >= 4 is 23.6 Å². The number of hydrogen-bond acceptors (Lipinski definition) is 3. The summed E-state index contributed by atoms with van der Waals surface area (Å²) in [6.07, 6.45) is 2.34. The maximum absolute atomic E-state index is 11.9. The Morgan fingerprint density at radius 3 is 2.60 bits per heavy atom. The monoisotopic (exact) mass is 294 g/mol. The fourth-order valence-electron chi connectivity index (χ4n) is 1.90. The fourth-order valence-corrected chi connectivity index (χ4v) is 2.58. The molecule has 110 valence electrons. The number of rotatable bonds is 9. The highest BCUT2D eigenvalue weighted by atomic mass is 32.2. The number of carbonyl (C=O) groups is 2. The molecule has 1 aromatic rings. The van der Waals surface area contributed by atoms with Crippen LogP contribution in [0.3, 0.4) is 0 Å². The molecule has 0 radical (unpaired) electrons. The third-order valence-electron chi connectivity index (χ3n) is 2.83. The lowest BCUT2D eigenvalue weighted by Gasteiger charge is -2.18. The van der Waals surface area contributed by atoms with E-state index in [0.717, 1.165) is 18.4 Å². The zero-order valence-corrected chi connectivity index (χ0v) is 12.6. The van der Waals surface area contributed by atoms with Gasteiger partial charge in [0.1, 0.15) is 0 Å². The summed E-state index contributed by atoms with van der Waals surface area (Å²) in [6, 6.07) is 10.1. The third kappa shape index (κ3) is 6.61. The molecule has 1 rings (SSSR count). The van der Waals surface area contributed by atoms with E-state index in [2.05, 4.69) is 12.2 Å². The SMILES string of the molecule is CCCC(NC(=O)CCSCC(N)=O)c1ccccc1. The van der Waals surface area contributed by atoms with Crippen LogP contribution in [0.15, 0.2) is 30.3 Å². The van der Waals surface area contributed by atoms with E-state index < -0.39 is 0 Å². The Morgan fingerprint density at radius 2 is 2.00 bits per heavy atom. The molecule has 1 unspecified atom stereocenters. The molecule has 0 heterocycles. The molecule has 0 fully saturated rings. The van der Waals surface area contributed by atoms with Gasteiger partial charge in [-0.2, -0.15) is 11.8 Å². The van der Waals surface area contributed by atoms with Gasteiger partial charge in [-0.15, -0.1) is 0 Å². The Kier molecular flexibility index (Phi) is 7.80. The van der Waals surface area contributed by atoms with E-state index in [1.807, 2.05) is 30.3 Å². The van der Waals surface area contributed by atoms with Crippen LogP contribution in [0.4, 0.5) is 0 Å². The van der Waals surface area contributed by atoms with Crippen LogP contribution in [0.5, 0.6) is 0 Å².